The van der Waals surface area contributed by atoms with Gasteiger partial charge in [-0.1, -0.05) is 41.4 Å². The number of benzene rings is 2. The van der Waals surface area contributed by atoms with Crippen LogP contribution in [-0.2, 0) is 11.2 Å². The minimum absolute atomic E-state index is 0.165. The Morgan fingerprint density at radius 1 is 1.24 bits per heavy atom. The highest BCUT2D eigenvalue weighted by Gasteiger charge is 2.12. The Labute approximate surface area is 155 Å². The Hall–Kier alpha value is -2.37. The molecular formula is C19H17ClN2O2S. The molecule has 2 aromatic carbocycles. The van der Waals surface area contributed by atoms with E-state index in [0.717, 1.165) is 16.3 Å². The molecular weight excluding hydrogens is 356 g/mol. The maximum absolute atomic E-state index is 12.3. The van der Waals surface area contributed by atoms with Crippen LogP contribution in [-0.4, -0.2) is 18.0 Å². The zero-order valence-electron chi connectivity index (χ0n) is 13.9. The number of anilines is 1. The van der Waals surface area contributed by atoms with E-state index in [1.807, 2.05) is 24.4 Å². The molecule has 1 N–H and O–H groups in total. The van der Waals surface area contributed by atoms with Gasteiger partial charge in [-0.3, -0.25) is 4.79 Å². The third kappa shape index (κ3) is 4.38. The SMILES string of the molecule is COc1ccc(Cl)cc1NC(=O)Cc1csc(-c2ccc(C)cc2)n1. The smallest absolute Gasteiger partial charge is 0.230 e. The van der Waals surface area contributed by atoms with Gasteiger partial charge in [-0.2, -0.15) is 0 Å². The zero-order chi connectivity index (χ0) is 17.8. The predicted octanol–water partition coefficient (Wildman–Crippen LogP) is 4.96. The molecule has 1 heterocycles. The number of nitrogens with zero attached hydrogens (tertiary/aromatic N) is 1. The molecule has 4 nitrogen and oxygen atoms in total. The van der Waals surface area contributed by atoms with Crippen LogP contribution in [0.1, 0.15) is 11.3 Å². The maximum Gasteiger partial charge on any atom is 0.230 e. The van der Waals surface area contributed by atoms with Crippen LogP contribution in [0.3, 0.4) is 0 Å². The van der Waals surface area contributed by atoms with Crippen LogP contribution in [0.4, 0.5) is 5.69 Å². The zero-order valence-corrected chi connectivity index (χ0v) is 15.4. The second kappa shape index (κ2) is 7.68. The highest BCUT2D eigenvalue weighted by molar-refractivity contribution is 7.13. The molecule has 3 rings (SSSR count). The highest BCUT2D eigenvalue weighted by Crippen LogP contribution is 2.28. The van der Waals surface area contributed by atoms with Crippen LogP contribution < -0.4 is 10.1 Å². The second-order valence-electron chi connectivity index (χ2n) is 5.58. The van der Waals surface area contributed by atoms with Crippen LogP contribution in [0, 0.1) is 6.92 Å². The van der Waals surface area contributed by atoms with E-state index in [0.29, 0.717) is 16.5 Å². The molecule has 6 heteroatoms. The van der Waals surface area contributed by atoms with Crippen molar-refractivity contribution in [2.75, 3.05) is 12.4 Å². The number of aromatic nitrogens is 1. The average Bonchev–Trinajstić information content (AvgIpc) is 3.04. The van der Waals surface area contributed by atoms with Gasteiger partial charge in [-0.05, 0) is 25.1 Å². The number of thiazole rings is 1. The van der Waals surface area contributed by atoms with Crippen LogP contribution in [0.5, 0.6) is 5.75 Å². The average molecular weight is 373 g/mol. The lowest BCUT2D eigenvalue weighted by molar-refractivity contribution is -0.115. The number of nitrogens with one attached hydrogen (secondary N) is 1. The Morgan fingerprint density at radius 3 is 2.72 bits per heavy atom. The Bertz CT molecular complexity index is 891. The molecule has 1 aromatic heterocycles. The number of carbonyl (C=O) groups excluding carboxylic acids is 1. The fraction of sp³-hybridized carbons (Fsp3) is 0.158. The van der Waals surface area contributed by atoms with E-state index in [9.17, 15) is 4.79 Å². The molecule has 0 radical (unpaired) electrons. The van der Waals surface area contributed by atoms with E-state index in [1.165, 1.54) is 16.9 Å². The summed E-state index contributed by atoms with van der Waals surface area (Å²) >= 11 is 7.51. The number of rotatable bonds is 5. The number of ether oxygens (including phenoxy) is 1. The van der Waals surface area contributed by atoms with Crippen molar-refractivity contribution in [1.29, 1.82) is 0 Å². The van der Waals surface area contributed by atoms with Crippen LogP contribution in [0.2, 0.25) is 5.02 Å². The van der Waals surface area contributed by atoms with E-state index >= 15 is 0 Å². The van der Waals surface area contributed by atoms with Crippen molar-refractivity contribution in [1.82, 2.24) is 4.98 Å². The van der Waals surface area contributed by atoms with Gasteiger partial charge in [0.1, 0.15) is 10.8 Å². The summed E-state index contributed by atoms with van der Waals surface area (Å²) in [5.74, 6) is 0.401. The predicted molar refractivity (Wildman–Crippen MR) is 103 cm³/mol. The number of hydrogen-bond donors (Lipinski definition) is 1. The summed E-state index contributed by atoms with van der Waals surface area (Å²) in [4.78, 5) is 16.9. The van der Waals surface area contributed by atoms with Crippen LogP contribution >= 0.6 is 22.9 Å². The van der Waals surface area contributed by atoms with Crippen molar-refractivity contribution >= 4 is 34.5 Å². The van der Waals surface area contributed by atoms with Crippen LogP contribution in [0.15, 0.2) is 47.8 Å². The van der Waals surface area contributed by atoms with Gasteiger partial charge in [-0.25, -0.2) is 4.98 Å². The molecule has 3 aromatic rings. The van der Waals surface area contributed by atoms with E-state index in [1.54, 1.807) is 25.3 Å². The molecule has 0 aliphatic heterocycles. The van der Waals surface area contributed by atoms with Crippen molar-refractivity contribution < 1.29 is 9.53 Å². The maximum atomic E-state index is 12.3. The van der Waals surface area contributed by atoms with Crippen molar-refractivity contribution in [3.05, 3.63) is 64.1 Å². The second-order valence-corrected chi connectivity index (χ2v) is 6.87. The summed E-state index contributed by atoms with van der Waals surface area (Å²) in [7, 11) is 1.55. The molecule has 1 amide bonds. The minimum atomic E-state index is -0.165. The van der Waals surface area contributed by atoms with Gasteiger partial charge in [0.05, 0.1) is 24.9 Å². The number of hydrogen-bond acceptors (Lipinski definition) is 4. The van der Waals surface area contributed by atoms with Crippen molar-refractivity contribution in [2.24, 2.45) is 0 Å². The first-order valence-electron chi connectivity index (χ1n) is 7.70. The van der Waals surface area contributed by atoms with Gasteiger partial charge in [0, 0.05) is 16.0 Å². The summed E-state index contributed by atoms with van der Waals surface area (Å²) in [6, 6.07) is 13.3. The summed E-state index contributed by atoms with van der Waals surface area (Å²) in [6.07, 6.45) is 0.192. The highest BCUT2D eigenvalue weighted by atomic mass is 35.5. The van der Waals surface area contributed by atoms with E-state index in [2.05, 4.69) is 22.4 Å². The lowest BCUT2D eigenvalue weighted by Gasteiger charge is -2.10. The van der Waals surface area contributed by atoms with Crippen molar-refractivity contribution in [3.8, 4) is 16.3 Å². The number of carbonyl (C=O) groups is 1. The number of methoxy groups -OCH3 is 1. The molecule has 25 heavy (non-hydrogen) atoms. The molecule has 0 aliphatic carbocycles. The minimum Gasteiger partial charge on any atom is -0.495 e. The molecule has 0 atom stereocenters. The quantitative estimate of drug-likeness (QED) is 0.688. The third-order valence-corrected chi connectivity index (χ3v) is 4.80. The van der Waals surface area contributed by atoms with Gasteiger partial charge in [0.15, 0.2) is 0 Å². The Morgan fingerprint density at radius 2 is 2.00 bits per heavy atom. The van der Waals surface area contributed by atoms with E-state index < -0.39 is 0 Å². The number of amides is 1. The molecule has 0 spiro atoms. The van der Waals surface area contributed by atoms with E-state index in [4.69, 9.17) is 16.3 Å². The lowest BCUT2D eigenvalue weighted by atomic mass is 10.2. The molecule has 0 unspecified atom stereocenters. The van der Waals surface area contributed by atoms with Gasteiger partial charge in [0.2, 0.25) is 5.91 Å². The number of aryl methyl sites for hydroxylation is 1. The monoisotopic (exact) mass is 372 g/mol. The fourth-order valence-corrected chi connectivity index (χ4v) is 3.35. The summed E-state index contributed by atoms with van der Waals surface area (Å²) in [5.41, 5.74) is 3.54. The topological polar surface area (TPSA) is 51.2 Å². The van der Waals surface area contributed by atoms with Gasteiger partial charge >= 0.3 is 0 Å². The van der Waals surface area contributed by atoms with Gasteiger partial charge in [0.25, 0.3) is 0 Å². The van der Waals surface area contributed by atoms with Gasteiger partial charge < -0.3 is 10.1 Å². The molecule has 0 fully saturated rings. The molecule has 0 saturated carbocycles. The molecule has 128 valence electrons. The summed E-state index contributed by atoms with van der Waals surface area (Å²) < 4.78 is 5.24. The fourth-order valence-electron chi connectivity index (χ4n) is 2.35. The molecule has 0 bridgehead atoms. The third-order valence-electron chi connectivity index (χ3n) is 3.63. The summed E-state index contributed by atoms with van der Waals surface area (Å²) in [6.45, 7) is 2.05. The Balaban J connectivity index is 1.70. The molecule has 0 aliphatic rings. The number of halogens is 1. The van der Waals surface area contributed by atoms with Gasteiger partial charge in [-0.15, -0.1) is 11.3 Å². The lowest BCUT2D eigenvalue weighted by Crippen LogP contribution is -2.15. The van der Waals surface area contributed by atoms with Crippen molar-refractivity contribution in [3.63, 3.8) is 0 Å². The first-order valence-corrected chi connectivity index (χ1v) is 8.96. The Kier molecular flexibility index (Phi) is 5.36. The largest absolute Gasteiger partial charge is 0.495 e. The normalized spacial score (nSPS) is 10.5. The summed E-state index contributed by atoms with van der Waals surface area (Å²) in [5, 5.41) is 6.17. The molecule has 0 saturated heterocycles. The first kappa shape index (κ1) is 17.5. The van der Waals surface area contributed by atoms with Crippen molar-refractivity contribution in [2.45, 2.75) is 13.3 Å². The standard InChI is InChI=1S/C19H17ClN2O2S/c1-12-3-5-13(6-4-12)19-21-15(11-25-19)10-18(23)22-16-9-14(20)7-8-17(16)24-2/h3-9,11H,10H2,1-2H3,(H,22,23). The van der Waals surface area contributed by atoms with E-state index in [-0.39, 0.29) is 12.3 Å². The first-order chi connectivity index (χ1) is 12.0. The van der Waals surface area contributed by atoms with Crippen LogP contribution in [0.25, 0.3) is 10.6 Å².